The number of hydrazine groups is 1. The summed E-state index contributed by atoms with van der Waals surface area (Å²) in [7, 11) is -3.28. The molecule has 0 spiro atoms. The normalized spacial score (nSPS) is 15.9. The zero-order valence-electron chi connectivity index (χ0n) is 16.8. The van der Waals surface area contributed by atoms with E-state index < -0.39 is 72.8 Å². The first-order chi connectivity index (χ1) is 15.1. The van der Waals surface area contributed by atoms with Crippen LogP contribution in [0.15, 0.2) is 39.5 Å². The summed E-state index contributed by atoms with van der Waals surface area (Å²) in [6.45, 7) is 0.757. The number of benzene rings is 1. The smallest absolute Gasteiger partial charge is 0.379 e. The number of hydrogen-bond donors (Lipinski definition) is 5. The van der Waals surface area contributed by atoms with Gasteiger partial charge in [0, 0.05) is 7.05 Å². The Hall–Kier alpha value is -3.71. The number of nitrogens with one attached hydrogen (secondary N) is 4. The molecule has 0 saturated carbocycles. The maximum Gasteiger partial charge on any atom is 0.436 e. The van der Waals surface area contributed by atoms with E-state index in [9.17, 15) is 40.7 Å². The highest BCUT2D eigenvalue weighted by Gasteiger charge is 2.41. The number of aliphatic hydroxyl groups is 1. The fourth-order valence-corrected chi connectivity index (χ4v) is 4.09. The largest absolute Gasteiger partial charge is 0.436 e. The van der Waals surface area contributed by atoms with Gasteiger partial charge in [0.05, 0.1) is 16.2 Å². The molecule has 1 atom stereocenters. The van der Waals surface area contributed by atoms with Crippen LogP contribution in [0.4, 0.5) is 17.6 Å². The molecule has 16 heteroatoms. The molecule has 0 saturated heterocycles. The van der Waals surface area contributed by atoms with E-state index in [-0.39, 0.29) is 0 Å². The summed E-state index contributed by atoms with van der Waals surface area (Å²) in [6.07, 6.45) is -5.06. The fraction of sp³-hybridized carbons (Fsp3) is 0.294. The minimum absolute atomic E-state index is 0.444. The summed E-state index contributed by atoms with van der Waals surface area (Å²) in [5, 5.41) is 23.0. The molecule has 0 fully saturated rings. The highest BCUT2D eigenvalue weighted by molar-refractivity contribution is 7.91. The first-order valence-corrected chi connectivity index (χ1v) is 10.4. The number of alkyl halides is 3. The summed E-state index contributed by atoms with van der Waals surface area (Å²) in [5.41, 5.74) is -1.96. The molecular weight excluding hydrogens is 476 g/mol. The Morgan fingerprint density at radius 1 is 1.27 bits per heavy atom. The number of halogens is 4. The molecule has 5 N–H and O–H groups in total. The molecule has 11 nitrogen and oxygen atoms in total. The second kappa shape index (κ2) is 9.03. The Morgan fingerprint density at radius 2 is 1.91 bits per heavy atom. The van der Waals surface area contributed by atoms with Crippen LogP contribution in [0.2, 0.25) is 0 Å². The highest BCUT2D eigenvalue weighted by atomic mass is 32.2. The summed E-state index contributed by atoms with van der Waals surface area (Å²) in [4.78, 5) is 26.3. The maximum absolute atomic E-state index is 14.1. The van der Waals surface area contributed by atoms with E-state index >= 15 is 0 Å². The van der Waals surface area contributed by atoms with Crippen LogP contribution in [0.3, 0.4) is 0 Å². The minimum atomic E-state index is -5.06. The molecule has 33 heavy (non-hydrogen) atoms. The van der Waals surface area contributed by atoms with E-state index in [0.717, 1.165) is 19.1 Å². The predicted octanol–water partition coefficient (Wildman–Crippen LogP) is -0.413. The van der Waals surface area contributed by atoms with Crippen molar-refractivity contribution in [1.29, 1.82) is 5.26 Å². The summed E-state index contributed by atoms with van der Waals surface area (Å²) >= 11 is 0. The average Bonchev–Trinajstić information content (AvgIpc) is 2.71. The van der Waals surface area contributed by atoms with Gasteiger partial charge in [-0.1, -0.05) is 0 Å². The van der Waals surface area contributed by atoms with Crippen LogP contribution in [-0.2, 0) is 14.6 Å². The molecular formula is C17H16F4N6O5S. The van der Waals surface area contributed by atoms with Gasteiger partial charge in [0.25, 0.3) is 11.8 Å². The van der Waals surface area contributed by atoms with Crippen molar-refractivity contribution in [2.75, 3.05) is 12.8 Å². The van der Waals surface area contributed by atoms with Gasteiger partial charge < -0.3 is 10.4 Å². The minimum Gasteiger partial charge on any atom is -0.379 e. The van der Waals surface area contributed by atoms with Crippen LogP contribution < -0.4 is 21.5 Å². The quantitative estimate of drug-likeness (QED) is 0.345. The SMILES string of the molecule is CNC(=O)c1ccc(S(=O)(=O)C[C@](C)(O)C(=O)NC2=NC(C(F)(F)F)=C(C#N)NN2)cc1F. The van der Waals surface area contributed by atoms with E-state index in [0.29, 0.717) is 6.07 Å². The maximum atomic E-state index is 14.1. The topological polar surface area (TPSA) is 173 Å². The van der Waals surface area contributed by atoms with Crippen LogP contribution in [0, 0.1) is 17.1 Å². The van der Waals surface area contributed by atoms with Gasteiger partial charge in [-0.3, -0.25) is 25.8 Å². The molecule has 1 aliphatic heterocycles. The number of guanidine groups is 1. The van der Waals surface area contributed by atoms with Gasteiger partial charge in [-0.05, 0) is 25.1 Å². The average molecular weight is 492 g/mol. The molecule has 1 aromatic carbocycles. The van der Waals surface area contributed by atoms with E-state index in [2.05, 4.69) is 10.3 Å². The van der Waals surface area contributed by atoms with E-state index in [1.165, 1.54) is 13.1 Å². The van der Waals surface area contributed by atoms with Crippen molar-refractivity contribution in [2.45, 2.75) is 23.6 Å². The Morgan fingerprint density at radius 3 is 2.42 bits per heavy atom. The fourth-order valence-electron chi connectivity index (χ4n) is 2.49. The molecule has 1 aromatic rings. The number of aliphatic imine (C=N–C) groups is 1. The number of carbonyl (C=O) groups excluding carboxylic acids is 2. The van der Waals surface area contributed by atoms with Crippen LogP contribution >= 0.6 is 0 Å². The Kier molecular flexibility index (Phi) is 7.00. The number of carbonyl (C=O) groups is 2. The number of sulfone groups is 1. The first kappa shape index (κ1) is 25.5. The first-order valence-electron chi connectivity index (χ1n) is 8.73. The highest BCUT2D eigenvalue weighted by Crippen LogP contribution is 2.29. The van der Waals surface area contributed by atoms with Crippen molar-refractivity contribution in [3.63, 3.8) is 0 Å². The van der Waals surface area contributed by atoms with Crippen LogP contribution in [0.25, 0.3) is 0 Å². The number of amides is 2. The van der Waals surface area contributed by atoms with Crippen LogP contribution in [0.1, 0.15) is 17.3 Å². The molecule has 0 radical (unpaired) electrons. The van der Waals surface area contributed by atoms with Crippen LogP contribution in [-0.4, -0.2) is 55.9 Å². The van der Waals surface area contributed by atoms with E-state index in [1.54, 1.807) is 5.32 Å². The summed E-state index contributed by atoms with van der Waals surface area (Å²) in [6, 6.07) is 3.51. The summed E-state index contributed by atoms with van der Waals surface area (Å²) in [5.74, 6) is -5.62. The second-order valence-electron chi connectivity index (χ2n) is 6.75. The van der Waals surface area contributed by atoms with E-state index in [4.69, 9.17) is 5.26 Å². The molecule has 2 amide bonds. The van der Waals surface area contributed by atoms with Crippen molar-refractivity contribution >= 4 is 27.6 Å². The molecule has 0 aliphatic carbocycles. The number of hydrogen-bond acceptors (Lipinski definition) is 9. The van der Waals surface area contributed by atoms with Crippen molar-refractivity contribution in [3.8, 4) is 6.07 Å². The predicted molar refractivity (Wildman–Crippen MR) is 103 cm³/mol. The van der Waals surface area contributed by atoms with Gasteiger partial charge in [0.1, 0.15) is 11.9 Å². The lowest BCUT2D eigenvalue weighted by atomic mass is 10.1. The number of nitrogens with zero attached hydrogens (tertiary/aromatic N) is 2. The molecule has 2 rings (SSSR count). The number of allylic oxidation sites excluding steroid dienone is 2. The Labute approximate surface area is 184 Å². The zero-order chi connectivity index (χ0) is 25.2. The van der Waals surface area contributed by atoms with E-state index in [1.807, 2.05) is 10.9 Å². The van der Waals surface area contributed by atoms with Gasteiger partial charge in [0.15, 0.2) is 26.8 Å². The van der Waals surface area contributed by atoms with Gasteiger partial charge in [0.2, 0.25) is 5.96 Å². The van der Waals surface area contributed by atoms with Crippen molar-refractivity contribution in [2.24, 2.45) is 4.99 Å². The molecule has 1 heterocycles. The van der Waals surface area contributed by atoms with Crippen molar-refractivity contribution in [1.82, 2.24) is 21.5 Å². The monoisotopic (exact) mass is 492 g/mol. The van der Waals surface area contributed by atoms with Crippen molar-refractivity contribution < 1.29 is 40.7 Å². The third-order valence-electron chi connectivity index (χ3n) is 4.11. The standard InChI is InChI=1S/C17H16F4N6O5S/c1-16(30,7-33(31,32)8-3-4-9(10(18)5-8)13(28)23-2)14(29)25-15-24-12(17(19,20)21)11(6-22)26-27-15/h3-5,26,30H,7H2,1-2H3,(H,23,28)(H2,24,25,27,29)/t16-/m0/s1. The molecule has 1 aliphatic rings. The van der Waals surface area contributed by atoms with Gasteiger partial charge in [-0.2, -0.15) is 18.4 Å². The molecule has 0 unspecified atom stereocenters. The zero-order valence-corrected chi connectivity index (χ0v) is 17.7. The molecule has 0 bridgehead atoms. The lowest BCUT2D eigenvalue weighted by Gasteiger charge is -2.25. The molecule has 0 aromatic heterocycles. The lowest BCUT2D eigenvalue weighted by molar-refractivity contribution is -0.134. The van der Waals surface area contributed by atoms with Gasteiger partial charge in [-0.15, -0.1) is 0 Å². The van der Waals surface area contributed by atoms with Crippen LogP contribution in [0.5, 0.6) is 0 Å². The molecule has 178 valence electrons. The number of rotatable bonds is 5. The Bertz CT molecular complexity index is 1200. The second-order valence-corrected chi connectivity index (χ2v) is 8.74. The number of nitriles is 1. The summed E-state index contributed by atoms with van der Waals surface area (Å²) < 4.78 is 78.2. The third-order valence-corrected chi connectivity index (χ3v) is 6.02. The van der Waals surface area contributed by atoms with Gasteiger partial charge in [-0.25, -0.2) is 17.8 Å². The third kappa shape index (κ3) is 5.75. The van der Waals surface area contributed by atoms with Crippen molar-refractivity contribution in [3.05, 3.63) is 41.0 Å². The van der Waals surface area contributed by atoms with Gasteiger partial charge >= 0.3 is 6.18 Å². The lowest BCUT2D eigenvalue weighted by Crippen LogP contribution is -2.57. The Balaban J connectivity index is 2.25.